The summed E-state index contributed by atoms with van der Waals surface area (Å²) in [5.74, 6) is -0.381. The van der Waals surface area contributed by atoms with Gasteiger partial charge in [0.1, 0.15) is 10.2 Å². The van der Waals surface area contributed by atoms with E-state index in [9.17, 15) is 9.90 Å². The first-order valence-electron chi connectivity index (χ1n) is 4.82. The van der Waals surface area contributed by atoms with Crippen LogP contribution in [0.25, 0.3) is 11.0 Å². The molecule has 2 rings (SSSR count). The maximum Gasteiger partial charge on any atom is 0.374 e. The van der Waals surface area contributed by atoms with E-state index >= 15 is 0 Å². The summed E-state index contributed by atoms with van der Waals surface area (Å²) in [7, 11) is 0. The highest BCUT2D eigenvalue weighted by Gasteiger charge is 2.18. The SMILES string of the molecule is CCOC(=O)c1cc2cc(Br)c(O)c(Br)c2o1. The minimum Gasteiger partial charge on any atom is -0.505 e. The minimum absolute atomic E-state index is 0.0299. The number of hydrogen-bond donors (Lipinski definition) is 1. The Balaban J connectivity index is 2.58. The lowest BCUT2D eigenvalue weighted by atomic mass is 10.2. The van der Waals surface area contributed by atoms with Gasteiger partial charge in [0.2, 0.25) is 5.76 Å². The topological polar surface area (TPSA) is 59.7 Å². The van der Waals surface area contributed by atoms with Gasteiger partial charge in [0.15, 0.2) is 5.58 Å². The summed E-state index contributed by atoms with van der Waals surface area (Å²) in [6.07, 6.45) is 0. The first-order chi connectivity index (χ1) is 8.04. The highest BCUT2D eigenvalue weighted by atomic mass is 79.9. The quantitative estimate of drug-likeness (QED) is 0.823. The molecule has 0 spiro atoms. The number of carbonyl (C=O) groups is 1. The Morgan fingerprint density at radius 3 is 2.82 bits per heavy atom. The Hall–Kier alpha value is -1.01. The molecule has 0 unspecified atom stereocenters. The molecule has 1 heterocycles. The molecule has 1 aromatic carbocycles. The van der Waals surface area contributed by atoms with Gasteiger partial charge in [-0.15, -0.1) is 0 Å². The molecular formula is C11H8Br2O4. The lowest BCUT2D eigenvalue weighted by Crippen LogP contribution is -2.02. The van der Waals surface area contributed by atoms with Crippen LogP contribution in [0.3, 0.4) is 0 Å². The predicted octanol–water partition coefficient (Wildman–Crippen LogP) is 3.84. The number of phenols is 1. The molecule has 0 fully saturated rings. The summed E-state index contributed by atoms with van der Waals surface area (Å²) in [5, 5.41) is 10.4. The van der Waals surface area contributed by atoms with Crippen LogP contribution in [0.1, 0.15) is 17.5 Å². The molecule has 0 bridgehead atoms. The van der Waals surface area contributed by atoms with Crippen LogP contribution >= 0.6 is 31.9 Å². The lowest BCUT2D eigenvalue weighted by Gasteiger charge is -2.00. The summed E-state index contributed by atoms with van der Waals surface area (Å²) in [6, 6.07) is 3.24. The van der Waals surface area contributed by atoms with E-state index in [-0.39, 0.29) is 18.1 Å². The zero-order valence-electron chi connectivity index (χ0n) is 8.79. The minimum atomic E-state index is -0.522. The van der Waals surface area contributed by atoms with E-state index in [1.54, 1.807) is 19.1 Å². The molecule has 0 aliphatic heterocycles. The molecule has 4 nitrogen and oxygen atoms in total. The van der Waals surface area contributed by atoms with Gasteiger partial charge in [0, 0.05) is 5.39 Å². The van der Waals surface area contributed by atoms with Crippen molar-refractivity contribution >= 4 is 48.8 Å². The van der Waals surface area contributed by atoms with Crippen molar-refractivity contribution in [1.29, 1.82) is 0 Å². The fraction of sp³-hybridized carbons (Fsp3) is 0.182. The van der Waals surface area contributed by atoms with Crippen LogP contribution in [0, 0.1) is 0 Å². The number of hydrogen-bond acceptors (Lipinski definition) is 4. The molecule has 0 radical (unpaired) electrons. The zero-order valence-corrected chi connectivity index (χ0v) is 12.0. The predicted molar refractivity (Wildman–Crippen MR) is 69.2 cm³/mol. The number of aromatic hydroxyl groups is 1. The van der Waals surface area contributed by atoms with Crippen LogP contribution in [0.4, 0.5) is 0 Å². The van der Waals surface area contributed by atoms with E-state index in [0.29, 0.717) is 19.9 Å². The van der Waals surface area contributed by atoms with Crippen molar-refractivity contribution in [3.63, 3.8) is 0 Å². The number of fused-ring (bicyclic) bond motifs is 1. The molecule has 1 aromatic heterocycles. The van der Waals surface area contributed by atoms with Crippen molar-refractivity contribution in [2.24, 2.45) is 0 Å². The highest BCUT2D eigenvalue weighted by Crippen LogP contribution is 2.39. The van der Waals surface area contributed by atoms with Gasteiger partial charge in [-0.2, -0.15) is 0 Å². The summed E-state index contributed by atoms with van der Waals surface area (Å²) >= 11 is 6.41. The molecule has 17 heavy (non-hydrogen) atoms. The first-order valence-corrected chi connectivity index (χ1v) is 6.40. The van der Waals surface area contributed by atoms with E-state index < -0.39 is 5.97 Å². The molecular weight excluding hydrogens is 356 g/mol. The van der Waals surface area contributed by atoms with Crippen LogP contribution < -0.4 is 0 Å². The smallest absolute Gasteiger partial charge is 0.374 e. The van der Waals surface area contributed by atoms with Gasteiger partial charge in [0.05, 0.1) is 11.1 Å². The van der Waals surface area contributed by atoms with Crippen molar-refractivity contribution in [3.05, 3.63) is 26.8 Å². The average molecular weight is 364 g/mol. The van der Waals surface area contributed by atoms with Crippen molar-refractivity contribution in [2.45, 2.75) is 6.92 Å². The van der Waals surface area contributed by atoms with Crippen molar-refractivity contribution < 1.29 is 19.1 Å². The molecule has 0 atom stereocenters. The van der Waals surface area contributed by atoms with Gasteiger partial charge < -0.3 is 14.3 Å². The number of phenolic OH excluding ortho intramolecular Hbond substituents is 1. The second-order valence-electron chi connectivity index (χ2n) is 3.27. The molecule has 0 saturated heterocycles. The molecule has 6 heteroatoms. The van der Waals surface area contributed by atoms with E-state index in [4.69, 9.17) is 9.15 Å². The third-order valence-electron chi connectivity index (χ3n) is 2.15. The Morgan fingerprint density at radius 1 is 1.47 bits per heavy atom. The highest BCUT2D eigenvalue weighted by molar-refractivity contribution is 9.11. The molecule has 0 saturated carbocycles. The van der Waals surface area contributed by atoms with Gasteiger partial charge in [-0.3, -0.25) is 0 Å². The standard InChI is InChI=1S/C11H8Br2O4/c1-2-16-11(15)7-4-5-3-6(12)9(14)8(13)10(5)17-7/h3-4,14H,2H2,1H3. The number of esters is 1. The molecule has 2 aromatic rings. The monoisotopic (exact) mass is 362 g/mol. The average Bonchev–Trinajstić information content (AvgIpc) is 2.70. The maximum absolute atomic E-state index is 11.5. The molecule has 1 N–H and O–H groups in total. The summed E-state index contributed by atoms with van der Waals surface area (Å²) in [5.41, 5.74) is 0.411. The van der Waals surface area contributed by atoms with Crippen LogP contribution in [0.15, 0.2) is 25.5 Å². The Labute approximate surface area is 114 Å². The van der Waals surface area contributed by atoms with Crippen LogP contribution in [-0.2, 0) is 4.74 Å². The van der Waals surface area contributed by atoms with Crippen LogP contribution in [0.2, 0.25) is 0 Å². The third-order valence-corrected chi connectivity index (χ3v) is 3.49. The fourth-order valence-corrected chi connectivity index (χ4v) is 2.64. The van der Waals surface area contributed by atoms with E-state index in [1.807, 2.05) is 0 Å². The Bertz CT molecular complexity index is 589. The van der Waals surface area contributed by atoms with E-state index in [0.717, 1.165) is 0 Å². The van der Waals surface area contributed by atoms with Gasteiger partial charge in [-0.05, 0) is 50.9 Å². The van der Waals surface area contributed by atoms with E-state index in [1.165, 1.54) is 0 Å². The largest absolute Gasteiger partial charge is 0.505 e. The normalized spacial score (nSPS) is 10.8. The summed E-state index contributed by atoms with van der Waals surface area (Å²) in [6.45, 7) is 2.00. The van der Waals surface area contributed by atoms with Crippen molar-refractivity contribution in [2.75, 3.05) is 6.61 Å². The number of carbonyl (C=O) groups excluding carboxylic acids is 1. The molecule has 0 amide bonds. The maximum atomic E-state index is 11.5. The molecule has 90 valence electrons. The van der Waals surface area contributed by atoms with Crippen molar-refractivity contribution in [1.82, 2.24) is 0 Å². The third kappa shape index (κ3) is 2.19. The van der Waals surface area contributed by atoms with Gasteiger partial charge in [0.25, 0.3) is 0 Å². The number of ether oxygens (including phenoxy) is 1. The lowest BCUT2D eigenvalue weighted by molar-refractivity contribution is 0.0492. The van der Waals surface area contributed by atoms with Crippen LogP contribution in [0.5, 0.6) is 5.75 Å². The second-order valence-corrected chi connectivity index (χ2v) is 4.92. The Kier molecular flexibility index (Phi) is 3.44. The number of halogens is 2. The number of rotatable bonds is 2. The van der Waals surface area contributed by atoms with Crippen molar-refractivity contribution in [3.8, 4) is 5.75 Å². The second kappa shape index (κ2) is 4.70. The summed E-state index contributed by atoms with van der Waals surface area (Å²) < 4.78 is 11.1. The van der Waals surface area contributed by atoms with Gasteiger partial charge >= 0.3 is 5.97 Å². The Morgan fingerprint density at radius 2 is 2.18 bits per heavy atom. The molecule has 0 aliphatic carbocycles. The van der Waals surface area contributed by atoms with Gasteiger partial charge in [-0.1, -0.05) is 0 Å². The molecule has 0 aliphatic rings. The fourth-order valence-electron chi connectivity index (χ4n) is 1.40. The number of furan rings is 1. The zero-order chi connectivity index (χ0) is 12.6. The first kappa shape index (κ1) is 12.4. The number of benzene rings is 1. The van der Waals surface area contributed by atoms with Gasteiger partial charge in [-0.25, -0.2) is 4.79 Å². The van der Waals surface area contributed by atoms with Crippen LogP contribution in [-0.4, -0.2) is 17.7 Å². The van der Waals surface area contributed by atoms with E-state index in [2.05, 4.69) is 31.9 Å². The summed E-state index contributed by atoms with van der Waals surface area (Å²) in [4.78, 5) is 11.5.